The third-order valence-electron chi connectivity index (χ3n) is 8.12. The zero-order valence-electron chi connectivity index (χ0n) is 24.5. The third kappa shape index (κ3) is 5.46. The van der Waals surface area contributed by atoms with E-state index in [2.05, 4.69) is 24.1 Å². The molecule has 3 unspecified atom stereocenters. The molecule has 0 saturated carbocycles. The molecule has 8 nitrogen and oxygen atoms in total. The summed E-state index contributed by atoms with van der Waals surface area (Å²) in [5, 5.41) is 3.16. The Hall–Kier alpha value is -3.86. The van der Waals surface area contributed by atoms with Gasteiger partial charge in [0.2, 0.25) is 17.7 Å². The standard InChI is InChI=1S/C33H31ClN4O4S2/c1-4-36(5-2)23-13-9-20(10-14-23)26-27-28(31(41)38(30(27)40)24-15-11-21(34)12-16-24)43-32-29(26)44-33(42)37(32)18-25(39)35-22-8-6-7-19(3)17-22/h6-17,26-28H,4-5,18H2,1-3H3,(H,35,39). The number of nitrogens with one attached hydrogen (secondary N) is 1. The predicted octanol–water partition coefficient (Wildman–Crippen LogP) is 6.15. The number of benzene rings is 3. The number of rotatable bonds is 8. The Morgan fingerprint density at radius 2 is 1.66 bits per heavy atom. The van der Waals surface area contributed by atoms with E-state index >= 15 is 0 Å². The highest BCUT2D eigenvalue weighted by molar-refractivity contribution is 8.00. The van der Waals surface area contributed by atoms with E-state index in [1.54, 1.807) is 30.3 Å². The molecule has 3 amide bonds. The van der Waals surface area contributed by atoms with E-state index in [4.69, 9.17) is 11.6 Å². The molecule has 3 heterocycles. The van der Waals surface area contributed by atoms with Crippen molar-refractivity contribution in [3.8, 4) is 0 Å². The summed E-state index contributed by atoms with van der Waals surface area (Å²) in [7, 11) is 0. The fraction of sp³-hybridized carbons (Fsp3) is 0.273. The lowest BCUT2D eigenvalue weighted by Gasteiger charge is -2.31. The van der Waals surface area contributed by atoms with Gasteiger partial charge in [-0.05, 0) is 80.4 Å². The van der Waals surface area contributed by atoms with E-state index in [1.807, 2.05) is 49.4 Å². The summed E-state index contributed by atoms with van der Waals surface area (Å²) >= 11 is 8.33. The molecule has 44 heavy (non-hydrogen) atoms. The van der Waals surface area contributed by atoms with Crippen LogP contribution in [0.2, 0.25) is 5.02 Å². The van der Waals surface area contributed by atoms with Crippen molar-refractivity contribution in [1.82, 2.24) is 4.57 Å². The molecule has 1 saturated heterocycles. The van der Waals surface area contributed by atoms with Crippen molar-refractivity contribution in [2.45, 2.75) is 43.5 Å². The quantitative estimate of drug-likeness (QED) is 0.231. The van der Waals surface area contributed by atoms with Crippen molar-refractivity contribution in [1.29, 1.82) is 0 Å². The molecule has 6 rings (SSSR count). The topological polar surface area (TPSA) is 91.7 Å². The minimum Gasteiger partial charge on any atom is -0.372 e. The minimum absolute atomic E-state index is 0.209. The van der Waals surface area contributed by atoms with Crippen LogP contribution in [-0.2, 0) is 20.9 Å². The van der Waals surface area contributed by atoms with Crippen LogP contribution in [0.4, 0.5) is 17.1 Å². The first-order valence-electron chi connectivity index (χ1n) is 14.4. The molecule has 11 heteroatoms. The first-order valence-corrected chi connectivity index (χ1v) is 16.5. The van der Waals surface area contributed by atoms with Gasteiger partial charge in [-0.2, -0.15) is 0 Å². The van der Waals surface area contributed by atoms with Crippen LogP contribution in [-0.4, -0.2) is 40.6 Å². The van der Waals surface area contributed by atoms with Gasteiger partial charge >= 0.3 is 4.87 Å². The number of thioether (sulfide) groups is 1. The van der Waals surface area contributed by atoms with E-state index in [0.717, 1.165) is 41.2 Å². The van der Waals surface area contributed by atoms with Crippen molar-refractivity contribution in [2.75, 3.05) is 28.2 Å². The number of aryl methyl sites for hydroxylation is 1. The van der Waals surface area contributed by atoms with E-state index in [1.165, 1.54) is 21.2 Å². The van der Waals surface area contributed by atoms with Crippen LogP contribution in [0.5, 0.6) is 0 Å². The number of anilines is 3. The molecule has 226 valence electrons. The van der Waals surface area contributed by atoms with Gasteiger partial charge in [0.25, 0.3) is 0 Å². The molecule has 2 aliphatic rings. The van der Waals surface area contributed by atoms with Gasteiger partial charge in [-0.25, -0.2) is 4.90 Å². The summed E-state index contributed by atoms with van der Waals surface area (Å²) in [5.41, 5.74) is 3.98. The van der Waals surface area contributed by atoms with Gasteiger partial charge in [0.05, 0.1) is 16.6 Å². The molecule has 3 atom stereocenters. The average molecular weight is 647 g/mol. The lowest BCUT2D eigenvalue weighted by Crippen LogP contribution is -2.33. The number of fused-ring (bicyclic) bond motifs is 2. The predicted molar refractivity (Wildman–Crippen MR) is 177 cm³/mol. The number of nitrogens with zero attached hydrogens (tertiary/aromatic N) is 3. The summed E-state index contributed by atoms with van der Waals surface area (Å²) in [6, 6.07) is 22.1. The molecule has 4 aromatic rings. The second kappa shape index (κ2) is 12.3. The fourth-order valence-electron chi connectivity index (χ4n) is 6.01. The Bertz CT molecular complexity index is 1800. The van der Waals surface area contributed by atoms with Gasteiger partial charge in [0, 0.05) is 40.3 Å². The van der Waals surface area contributed by atoms with E-state index < -0.39 is 17.1 Å². The monoisotopic (exact) mass is 646 g/mol. The zero-order valence-corrected chi connectivity index (χ0v) is 26.8. The van der Waals surface area contributed by atoms with E-state index in [0.29, 0.717) is 26.3 Å². The van der Waals surface area contributed by atoms with Gasteiger partial charge < -0.3 is 10.2 Å². The molecule has 0 radical (unpaired) electrons. The van der Waals surface area contributed by atoms with Gasteiger partial charge in [-0.3, -0.25) is 23.7 Å². The van der Waals surface area contributed by atoms with Crippen LogP contribution in [0, 0.1) is 12.8 Å². The van der Waals surface area contributed by atoms with E-state index in [9.17, 15) is 19.2 Å². The maximum atomic E-state index is 14.1. The highest BCUT2D eigenvalue weighted by Crippen LogP contribution is 2.54. The van der Waals surface area contributed by atoms with Crippen molar-refractivity contribution in [3.63, 3.8) is 0 Å². The first-order chi connectivity index (χ1) is 21.2. The fourth-order valence-corrected chi connectivity index (χ4v) is 8.91. The molecule has 2 aliphatic heterocycles. The number of amides is 3. The van der Waals surface area contributed by atoms with Crippen LogP contribution >= 0.6 is 34.7 Å². The van der Waals surface area contributed by atoms with Gasteiger partial charge in [0.15, 0.2) is 0 Å². The molecule has 0 spiro atoms. The smallest absolute Gasteiger partial charge is 0.308 e. The second-order valence-electron chi connectivity index (χ2n) is 10.8. The van der Waals surface area contributed by atoms with Crippen LogP contribution < -0.4 is 20.0 Å². The Labute approximate surface area is 268 Å². The van der Waals surface area contributed by atoms with Crippen LogP contribution in [0.25, 0.3) is 0 Å². The highest BCUT2D eigenvalue weighted by atomic mass is 35.5. The first kappa shape index (κ1) is 30.2. The lowest BCUT2D eigenvalue weighted by atomic mass is 9.83. The molecule has 1 N–H and O–H groups in total. The minimum atomic E-state index is -0.766. The maximum Gasteiger partial charge on any atom is 0.308 e. The summed E-state index contributed by atoms with van der Waals surface area (Å²) < 4.78 is 1.44. The summed E-state index contributed by atoms with van der Waals surface area (Å²) in [6.45, 7) is 7.61. The van der Waals surface area contributed by atoms with Crippen molar-refractivity contribution >= 4 is 69.5 Å². The number of aromatic nitrogens is 1. The molecule has 0 aliphatic carbocycles. The second-order valence-corrected chi connectivity index (χ2v) is 13.4. The number of hydrogen-bond donors (Lipinski definition) is 1. The number of hydrogen-bond acceptors (Lipinski definition) is 7. The molecular formula is C33H31ClN4O4S2. The maximum absolute atomic E-state index is 14.1. The Morgan fingerprint density at radius 1 is 0.955 bits per heavy atom. The molecular weight excluding hydrogens is 616 g/mol. The van der Waals surface area contributed by atoms with Crippen LogP contribution in [0.1, 0.15) is 35.8 Å². The SMILES string of the molecule is CCN(CC)c1ccc(C2c3sc(=O)n(CC(=O)Nc4cccc(C)c4)c3SC3C(=O)N(c4ccc(Cl)cc4)C(=O)C32)cc1. The summed E-state index contributed by atoms with van der Waals surface area (Å²) in [6.07, 6.45) is 0. The number of imide groups is 1. The van der Waals surface area contributed by atoms with Crippen molar-refractivity contribution in [2.24, 2.45) is 5.92 Å². The molecule has 1 fully saturated rings. The largest absolute Gasteiger partial charge is 0.372 e. The van der Waals surface area contributed by atoms with Gasteiger partial charge in [0.1, 0.15) is 11.8 Å². The molecule has 3 aromatic carbocycles. The summed E-state index contributed by atoms with van der Waals surface area (Å²) in [5.74, 6) is -2.27. The Morgan fingerprint density at radius 3 is 2.32 bits per heavy atom. The highest BCUT2D eigenvalue weighted by Gasteiger charge is 2.56. The lowest BCUT2D eigenvalue weighted by molar-refractivity contribution is -0.122. The number of thiazole rings is 1. The zero-order chi connectivity index (χ0) is 31.1. The Kier molecular flexibility index (Phi) is 8.41. The van der Waals surface area contributed by atoms with Gasteiger partial charge in [-0.1, -0.05) is 59.0 Å². The normalized spacial score (nSPS) is 19.1. The number of carbonyl (C=O) groups is 3. The van der Waals surface area contributed by atoms with Crippen molar-refractivity contribution < 1.29 is 14.4 Å². The van der Waals surface area contributed by atoms with Crippen LogP contribution in [0.3, 0.4) is 0 Å². The van der Waals surface area contributed by atoms with E-state index in [-0.39, 0.29) is 29.1 Å². The number of halogens is 1. The molecule has 1 aromatic heterocycles. The average Bonchev–Trinajstić information content (AvgIpc) is 3.45. The summed E-state index contributed by atoms with van der Waals surface area (Å²) in [4.78, 5) is 58.5. The van der Waals surface area contributed by atoms with Crippen molar-refractivity contribution in [3.05, 3.63) is 103 Å². The molecule has 0 bridgehead atoms. The number of carbonyl (C=O) groups excluding carboxylic acids is 3. The van der Waals surface area contributed by atoms with Gasteiger partial charge in [-0.15, -0.1) is 0 Å². The van der Waals surface area contributed by atoms with Crippen LogP contribution in [0.15, 0.2) is 82.6 Å². The third-order valence-corrected chi connectivity index (χ3v) is 11.0. The Balaban J connectivity index is 1.41.